The molecule has 168 valence electrons. The van der Waals surface area contributed by atoms with Gasteiger partial charge in [-0.15, -0.1) is 0 Å². The Bertz CT molecular complexity index is 1070. The van der Waals surface area contributed by atoms with E-state index < -0.39 is 10.8 Å². The highest BCUT2D eigenvalue weighted by molar-refractivity contribution is 6.09. The van der Waals surface area contributed by atoms with E-state index in [0.29, 0.717) is 0 Å². The predicted octanol–water partition coefficient (Wildman–Crippen LogP) is 7.52. The molecular formula is C30H36O2. The smallest absolute Gasteiger partial charge is 0.177 e. The summed E-state index contributed by atoms with van der Waals surface area (Å²) in [7, 11) is 0. The van der Waals surface area contributed by atoms with E-state index in [1.54, 1.807) is 0 Å². The van der Waals surface area contributed by atoms with Gasteiger partial charge in [-0.3, -0.25) is 9.59 Å². The summed E-state index contributed by atoms with van der Waals surface area (Å²) in [5, 5.41) is 0. The van der Waals surface area contributed by atoms with Gasteiger partial charge in [-0.2, -0.15) is 0 Å². The lowest BCUT2D eigenvalue weighted by Gasteiger charge is -2.39. The van der Waals surface area contributed by atoms with Crippen molar-refractivity contribution in [1.82, 2.24) is 0 Å². The number of benzene rings is 2. The average Bonchev–Trinajstić information content (AvgIpc) is 2.64. The van der Waals surface area contributed by atoms with Gasteiger partial charge in [0.15, 0.2) is 11.6 Å². The number of ketones is 2. The Morgan fingerprint density at radius 3 is 1.03 bits per heavy atom. The van der Waals surface area contributed by atoms with E-state index in [2.05, 4.69) is 38.1 Å². The number of aryl methyl sites for hydroxylation is 6. The quantitative estimate of drug-likeness (QED) is 0.373. The molecule has 2 heteroatoms. The summed E-state index contributed by atoms with van der Waals surface area (Å²) in [5.41, 5.74) is 8.20. The maximum Gasteiger partial charge on any atom is 0.177 e. The number of carbonyl (C=O) groups excluding carboxylic acids is 2. The van der Waals surface area contributed by atoms with Crippen LogP contribution < -0.4 is 0 Å². The predicted molar refractivity (Wildman–Crippen MR) is 134 cm³/mol. The molecule has 0 saturated heterocycles. The highest BCUT2D eigenvalue weighted by atomic mass is 16.1. The number of hydrogen-bond acceptors (Lipinski definition) is 2. The lowest BCUT2D eigenvalue weighted by molar-refractivity contribution is 0.0858. The molecule has 1 aliphatic rings. The molecule has 32 heavy (non-hydrogen) atoms. The van der Waals surface area contributed by atoms with Crippen molar-refractivity contribution in [3.05, 3.63) is 92.1 Å². The molecule has 2 aromatic rings. The van der Waals surface area contributed by atoms with Gasteiger partial charge in [-0.05, 0) is 91.5 Å². The van der Waals surface area contributed by atoms with E-state index in [1.807, 2.05) is 67.5 Å². The number of hydrogen-bond donors (Lipinski definition) is 0. The van der Waals surface area contributed by atoms with Crippen molar-refractivity contribution < 1.29 is 9.59 Å². The average molecular weight is 429 g/mol. The van der Waals surface area contributed by atoms with Crippen LogP contribution in [-0.2, 0) is 0 Å². The Morgan fingerprint density at radius 2 is 0.781 bits per heavy atom. The molecule has 1 aliphatic carbocycles. The second kappa shape index (κ2) is 7.99. The first-order valence-corrected chi connectivity index (χ1v) is 11.4. The standard InChI is InChI=1S/C30H36O2/c1-17-11-19(3)25(20(4)12-17)27(31)29(9)15-24(8)30(10,16-23(29)7)28(32)26-21(5)13-18(2)14-22(26)6/h11-16H,1-10H3. The molecule has 2 nitrogen and oxygen atoms in total. The topological polar surface area (TPSA) is 34.1 Å². The van der Waals surface area contributed by atoms with Gasteiger partial charge < -0.3 is 0 Å². The minimum absolute atomic E-state index is 0.0952. The van der Waals surface area contributed by atoms with E-state index in [4.69, 9.17) is 0 Å². The number of Topliss-reactive ketones (excluding diaryl/α,β-unsaturated/α-hetero) is 2. The third kappa shape index (κ3) is 3.70. The summed E-state index contributed by atoms with van der Waals surface area (Å²) in [4.78, 5) is 27.7. The summed E-state index contributed by atoms with van der Waals surface area (Å²) in [6.07, 6.45) is 4.06. The molecule has 3 rings (SSSR count). The number of carbonyl (C=O) groups is 2. The Balaban J connectivity index is 2.11. The largest absolute Gasteiger partial charge is 0.293 e. The molecular weight excluding hydrogens is 392 g/mol. The Labute approximate surface area is 193 Å². The second-order valence-electron chi connectivity index (χ2n) is 10.3. The van der Waals surface area contributed by atoms with E-state index in [1.165, 1.54) is 0 Å². The highest BCUT2D eigenvalue weighted by Gasteiger charge is 2.45. The fourth-order valence-corrected chi connectivity index (χ4v) is 5.48. The zero-order valence-corrected chi connectivity index (χ0v) is 21.3. The second-order valence-corrected chi connectivity index (χ2v) is 10.3. The zero-order valence-electron chi connectivity index (χ0n) is 21.3. The van der Waals surface area contributed by atoms with Crippen LogP contribution in [0, 0.1) is 52.4 Å². The third-order valence-corrected chi connectivity index (χ3v) is 7.40. The molecule has 0 saturated carbocycles. The third-order valence-electron chi connectivity index (χ3n) is 7.40. The minimum atomic E-state index is -0.772. The van der Waals surface area contributed by atoms with Crippen molar-refractivity contribution in [2.75, 3.05) is 0 Å². The van der Waals surface area contributed by atoms with Gasteiger partial charge in [-0.1, -0.05) is 58.7 Å². The van der Waals surface area contributed by atoms with Gasteiger partial charge in [0.1, 0.15) is 0 Å². The first kappa shape index (κ1) is 23.9. The molecule has 0 bridgehead atoms. The molecule has 2 aromatic carbocycles. The molecule has 2 unspecified atom stereocenters. The molecule has 0 spiro atoms. The van der Waals surface area contributed by atoms with E-state index in [-0.39, 0.29) is 11.6 Å². The van der Waals surface area contributed by atoms with Crippen molar-refractivity contribution in [3.8, 4) is 0 Å². The zero-order chi connectivity index (χ0) is 24.2. The molecule has 2 atom stereocenters. The lowest BCUT2D eigenvalue weighted by atomic mass is 9.62. The fourth-order valence-electron chi connectivity index (χ4n) is 5.48. The minimum Gasteiger partial charge on any atom is -0.293 e. The summed E-state index contributed by atoms with van der Waals surface area (Å²) in [6.45, 7) is 20.1. The van der Waals surface area contributed by atoms with Crippen LogP contribution in [0.3, 0.4) is 0 Å². The van der Waals surface area contributed by atoms with Gasteiger partial charge in [0.25, 0.3) is 0 Å². The van der Waals surface area contributed by atoms with Crippen LogP contribution in [0.2, 0.25) is 0 Å². The normalized spacial score (nSPS) is 22.9. The first-order valence-electron chi connectivity index (χ1n) is 11.4. The summed E-state index contributed by atoms with van der Waals surface area (Å²) >= 11 is 0. The molecule has 0 fully saturated rings. The lowest BCUT2D eigenvalue weighted by Crippen LogP contribution is -2.38. The highest BCUT2D eigenvalue weighted by Crippen LogP contribution is 2.47. The Kier molecular flexibility index (Phi) is 5.97. The summed E-state index contributed by atoms with van der Waals surface area (Å²) in [5.74, 6) is 0.190. The van der Waals surface area contributed by atoms with Crippen molar-refractivity contribution in [2.24, 2.45) is 10.8 Å². The molecule has 0 N–H and O–H groups in total. The maximum absolute atomic E-state index is 13.9. The van der Waals surface area contributed by atoms with Crippen LogP contribution >= 0.6 is 0 Å². The molecule has 0 aliphatic heterocycles. The van der Waals surface area contributed by atoms with Crippen molar-refractivity contribution in [3.63, 3.8) is 0 Å². The first-order chi connectivity index (χ1) is 14.7. The van der Waals surface area contributed by atoms with Crippen LogP contribution in [0.1, 0.15) is 81.8 Å². The maximum atomic E-state index is 13.9. The molecule has 0 aromatic heterocycles. The van der Waals surface area contributed by atoms with Gasteiger partial charge in [0.05, 0.1) is 10.8 Å². The van der Waals surface area contributed by atoms with Crippen LogP contribution in [0.15, 0.2) is 47.6 Å². The van der Waals surface area contributed by atoms with Gasteiger partial charge in [-0.25, -0.2) is 0 Å². The SMILES string of the molecule is CC1=CC(C)(C(=O)c2c(C)cc(C)cc2C)C(C)=CC1(C)C(=O)c1c(C)cc(C)cc1C. The van der Waals surface area contributed by atoms with Crippen LogP contribution in [0.4, 0.5) is 0 Å². The van der Waals surface area contributed by atoms with Crippen LogP contribution in [0.25, 0.3) is 0 Å². The van der Waals surface area contributed by atoms with Crippen LogP contribution in [0.5, 0.6) is 0 Å². The molecule has 0 heterocycles. The Hall–Kier alpha value is -2.74. The van der Waals surface area contributed by atoms with E-state index >= 15 is 0 Å². The summed E-state index contributed by atoms with van der Waals surface area (Å²) in [6, 6.07) is 8.27. The van der Waals surface area contributed by atoms with Gasteiger partial charge >= 0.3 is 0 Å². The summed E-state index contributed by atoms with van der Waals surface area (Å²) < 4.78 is 0. The van der Waals surface area contributed by atoms with Crippen molar-refractivity contribution in [2.45, 2.75) is 69.2 Å². The van der Waals surface area contributed by atoms with Crippen molar-refractivity contribution >= 4 is 11.6 Å². The molecule has 0 amide bonds. The van der Waals surface area contributed by atoms with E-state index in [9.17, 15) is 9.59 Å². The van der Waals surface area contributed by atoms with Crippen LogP contribution in [-0.4, -0.2) is 11.6 Å². The monoisotopic (exact) mass is 428 g/mol. The fraction of sp³-hybridized carbons (Fsp3) is 0.400. The van der Waals surface area contributed by atoms with Crippen molar-refractivity contribution in [1.29, 1.82) is 0 Å². The number of rotatable bonds is 4. The van der Waals surface area contributed by atoms with E-state index in [0.717, 1.165) is 55.7 Å². The molecule has 0 radical (unpaired) electrons. The van der Waals surface area contributed by atoms with Gasteiger partial charge in [0.2, 0.25) is 0 Å². The number of allylic oxidation sites excluding steroid dienone is 4. The van der Waals surface area contributed by atoms with Gasteiger partial charge in [0, 0.05) is 11.1 Å². The Morgan fingerprint density at radius 1 is 0.531 bits per heavy atom.